The molecule has 1 atom stereocenters. The smallest absolute Gasteiger partial charge is 0.127 e. The molecule has 1 unspecified atom stereocenters. The highest BCUT2D eigenvalue weighted by Crippen LogP contribution is 2.19. The minimum Gasteiger partial charge on any atom is -0.324 e. The van der Waals surface area contributed by atoms with Gasteiger partial charge in [0.05, 0.1) is 0 Å². The lowest BCUT2D eigenvalue weighted by Crippen LogP contribution is -2.16. The molecule has 0 spiro atoms. The molecule has 88 valence electrons. The van der Waals surface area contributed by atoms with E-state index in [4.69, 9.17) is 5.73 Å². The second kappa shape index (κ2) is 5.06. The van der Waals surface area contributed by atoms with Crippen molar-refractivity contribution in [3.8, 4) is 0 Å². The summed E-state index contributed by atoms with van der Waals surface area (Å²) in [5.41, 5.74) is 8.56. The first-order valence-electron chi connectivity index (χ1n) is 5.59. The summed E-state index contributed by atoms with van der Waals surface area (Å²) in [6.07, 6.45) is 2.28. The van der Waals surface area contributed by atoms with Crippen LogP contribution in [0.25, 0.3) is 0 Å². The maximum atomic E-state index is 13.5. The van der Waals surface area contributed by atoms with Crippen LogP contribution in [0.4, 0.5) is 4.39 Å². The van der Waals surface area contributed by atoms with Crippen LogP contribution in [0.2, 0.25) is 0 Å². The zero-order valence-corrected chi connectivity index (χ0v) is 9.73. The van der Waals surface area contributed by atoms with E-state index in [9.17, 15) is 4.39 Å². The molecule has 2 nitrogen and oxygen atoms in total. The molecule has 0 amide bonds. The van der Waals surface area contributed by atoms with Crippen molar-refractivity contribution in [2.45, 2.75) is 19.4 Å². The van der Waals surface area contributed by atoms with E-state index in [1.807, 2.05) is 19.1 Å². The molecule has 2 rings (SSSR count). The second-order valence-corrected chi connectivity index (χ2v) is 4.10. The normalized spacial score (nSPS) is 12.4. The van der Waals surface area contributed by atoms with E-state index in [-0.39, 0.29) is 11.9 Å². The second-order valence-electron chi connectivity index (χ2n) is 4.10. The lowest BCUT2D eigenvalue weighted by molar-refractivity contribution is 0.577. The Bertz CT molecular complexity index is 511. The van der Waals surface area contributed by atoms with Gasteiger partial charge in [-0.1, -0.05) is 24.3 Å². The van der Waals surface area contributed by atoms with E-state index in [1.165, 1.54) is 6.07 Å². The van der Waals surface area contributed by atoms with E-state index in [2.05, 4.69) is 4.98 Å². The standard InChI is InChI=1S/C14H15FN2/c1-10-5-4-8-17-14(10)9-13(16)11-6-2-3-7-12(11)15/h2-8,13H,9,16H2,1H3. The molecule has 2 aromatic rings. The molecule has 0 aliphatic heterocycles. The number of pyridine rings is 1. The maximum absolute atomic E-state index is 13.5. The lowest BCUT2D eigenvalue weighted by Gasteiger charge is -2.13. The van der Waals surface area contributed by atoms with Gasteiger partial charge in [0.25, 0.3) is 0 Å². The molecule has 0 bridgehead atoms. The number of aryl methyl sites for hydroxylation is 1. The predicted molar refractivity (Wildman–Crippen MR) is 66.0 cm³/mol. The van der Waals surface area contributed by atoms with E-state index < -0.39 is 0 Å². The van der Waals surface area contributed by atoms with Gasteiger partial charge in [-0.2, -0.15) is 0 Å². The van der Waals surface area contributed by atoms with Crippen LogP contribution in [0.3, 0.4) is 0 Å². The first-order valence-corrected chi connectivity index (χ1v) is 5.59. The van der Waals surface area contributed by atoms with Crippen LogP contribution in [0.15, 0.2) is 42.6 Å². The molecule has 0 radical (unpaired) electrons. The molecule has 1 heterocycles. The van der Waals surface area contributed by atoms with E-state index in [1.54, 1.807) is 24.4 Å². The Morgan fingerprint density at radius 2 is 2.00 bits per heavy atom. The minimum atomic E-state index is -0.357. The number of hydrogen-bond donors (Lipinski definition) is 1. The molecule has 1 aromatic carbocycles. The number of rotatable bonds is 3. The van der Waals surface area contributed by atoms with Crippen LogP contribution >= 0.6 is 0 Å². The van der Waals surface area contributed by atoms with Gasteiger partial charge >= 0.3 is 0 Å². The number of benzene rings is 1. The average Bonchev–Trinajstić information content (AvgIpc) is 2.32. The Labute approximate surface area is 100 Å². The van der Waals surface area contributed by atoms with Gasteiger partial charge in [-0.05, 0) is 24.6 Å². The fourth-order valence-electron chi connectivity index (χ4n) is 1.83. The Balaban J connectivity index is 2.20. The van der Waals surface area contributed by atoms with Crippen LogP contribution in [0.1, 0.15) is 22.9 Å². The quantitative estimate of drug-likeness (QED) is 0.880. The van der Waals surface area contributed by atoms with Crippen molar-refractivity contribution in [1.82, 2.24) is 4.98 Å². The van der Waals surface area contributed by atoms with Gasteiger partial charge in [0.1, 0.15) is 5.82 Å². The molecular formula is C14H15FN2. The summed E-state index contributed by atoms with van der Waals surface area (Å²) < 4.78 is 13.5. The third-order valence-electron chi connectivity index (χ3n) is 2.84. The first kappa shape index (κ1) is 11.7. The predicted octanol–water partition coefficient (Wildman–Crippen LogP) is 2.77. The zero-order chi connectivity index (χ0) is 12.3. The Morgan fingerprint density at radius 3 is 2.71 bits per heavy atom. The Hall–Kier alpha value is -1.74. The topological polar surface area (TPSA) is 38.9 Å². The summed E-state index contributed by atoms with van der Waals surface area (Å²) in [7, 11) is 0. The largest absolute Gasteiger partial charge is 0.324 e. The van der Waals surface area contributed by atoms with E-state index in [0.717, 1.165) is 11.3 Å². The van der Waals surface area contributed by atoms with Crippen molar-refractivity contribution in [2.24, 2.45) is 5.73 Å². The van der Waals surface area contributed by atoms with Crippen LogP contribution in [-0.4, -0.2) is 4.98 Å². The van der Waals surface area contributed by atoms with Gasteiger partial charge in [-0.25, -0.2) is 4.39 Å². The van der Waals surface area contributed by atoms with Gasteiger partial charge in [0.15, 0.2) is 0 Å². The van der Waals surface area contributed by atoms with Crippen LogP contribution < -0.4 is 5.73 Å². The maximum Gasteiger partial charge on any atom is 0.127 e. The Kier molecular flexibility index (Phi) is 3.49. The summed E-state index contributed by atoms with van der Waals surface area (Å²) in [5.74, 6) is -0.256. The number of halogens is 1. The highest BCUT2D eigenvalue weighted by atomic mass is 19.1. The zero-order valence-electron chi connectivity index (χ0n) is 9.73. The summed E-state index contributed by atoms with van der Waals surface area (Å²) in [6.45, 7) is 1.98. The lowest BCUT2D eigenvalue weighted by atomic mass is 10.0. The van der Waals surface area contributed by atoms with Gasteiger partial charge in [0.2, 0.25) is 0 Å². The molecule has 0 fully saturated rings. The van der Waals surface area contributed by atoms with Crippen LogP contribution in [-0.2, 0) is 6.42 Å². The molecule has 3 heteroatoms. The number of nitrogens with zero attached hydrogens (tertiary/aromatic N) is 1. The van der Waals surface area contributed by atoms with E-state index >= 15 is 0 Å². The third kappa shape index (κ3) is 2.68. The minimum absolute atomic E-state index is 0.256. The molecule has 0 aliphatic carbocycles. The summed E-state index contributed by atoms with van der Waals surface area (Å²) in [6, 6.07) is 10.1. The van der Waals surface area contributed by atoms with Gasteiger partial charge in [0, 0.05) is 29.9 Å². The molecular weight excluding hydrogens is 215 g/mol. The van der Waals surface area contributed by atoms with Crippen LogP contribution in [0.5, 0.6) is 0 Å². The third-order valence-corrected chi connectivity index (χ3v) is 2.84. The molecule has 0 saturated heterocycles. The van der Waals surface area contributed by atoms with Gasteiger partial charge in [-0.15, -0.1) is 0 Å². The highest BCUT2D eigenvalue weighted by Gasteiger charge is 2.12. The van der Waals surface area contributed by atoms with Gasteiger partial charge in [-0.3, -0.25) is 4.98 Å². The van der Waals surface area contributed by atoms with Gasteiger partial charge < -0.3 is 5.73 Å². The van der Waals surface area contributed by atoms with Crippen molar-refractivity contribution >= 4 is 0 Å². The number of aromatic nitrogens is 1. The van der Waals surface area contributed by atoms with E-state index in [0.29, 0.717) is 12.0 Å². The van der Waals surface area contributed by atoms with Crippen molar-refractivity contribution < 1.29 is 4.39 Å². The van der Waals surface area contributed by atoms with Crippen molar-refractivity contribution in [3.63, 3.8) is 0 Å². The first-order chi connectivity index (χ1) is 8.18. The number of nitrogens with two attached hydrogens (primary N) is 1. The monoisotopic (exact) mass is 230 g/mol. The fraction of sp³-hybridized carbons (Fsp3) is 0.214. The van der Waals surface area contributed by atoms with Crippen molar-refractivity contribution in [2.75, 3.05) is 0 Å². The number of hydrogen-bond acceptors (Lipinski definition) is 2. The summed E-state index contributed by atoms with van der Waals surface area (Å²) >= 11 is 0. The van der Waals surface area contributed by atoms with Crippen molar-refractivity contribution in [3.05, 3.63) is 65.2 Å². The molecule has 17 heavy (non-hydrogen) atoms. The SMILES string of the molecule is Cc1cccnc1CC(N)c1ccccc1F. The molecule has 2 N–H and O–H groups in total. The summed E-state index contributed by atoms with van der Waals surface area (Å²) in [4.78, 5) is 4.27. The molecule has 0 aliphatic rings. The average molecular weight is 230 g/mol. The molecule has 0 saturated carbocycles. The van der Waals surface area contributed by atoms with Crippen LogP contribution in [0, 0.1) is 12.7 Å². The highest BCUT2D eigenvalue weighted by molar-refractivity contribution is 5.25. The van der Waals surface area contributed by atoms with Crippen molar-refractivity contribution in [1.29, 1.82) is 0 Å². The molecule has 1 aromatic heterocycles. The fourth-order valence-corrected chi connectivity index (χ4v) is 1.83. The summed E-state index contributed by atoms with van der Waals surface area (Å²) in [5, 5.41) is 0. The Morgan fingerprint density at radius 1 is 1.24 bits per heavy atom.